The summed E-state index contributed by atoms with van der Waals surface area (Å²) in [6.45, 7) is 4.31. The first-order chi connectivity index (χ1) is 17.3. The number of carbonyl (C=O) groups excluding carboxylic acids is 1. The molecule has 0 radical (unpaired) electrons. The number of nitrogens with zero attached hydrogens (tertiary/aromatic N) is 2. The Bertz CT molecular complexity index is 1200. The van der Waals surface area contributed by atoms with Gasteiger partial charge in [0.15, 0.2) is 0 Å². The summed E-state index contributed by atoms with van der Waals surface area (Å²) in [5, 5.41) is 9.78. The molecule has 2 aromatic carbocycles. The van der Waals surface area contributed by atoms with Gasteiger partial charge in [0.1, 0.15) is 11.6 Å². The summed E-state index contributed by atoms with van der Waals surface area (Å²) in [4.78, 5) is 30.7. The lowest BCUT2D eigenvalue weighted by Gasteiger charge is -2.46. The third kappa shape index (κ3) is 4.78. The molecule has 0 unspecified atom stereocenters. The van der Waals surface area contributed by atoms with Crippen LogP contribution in [0.2, 0.25) is 5.02 Å². The zero-order valence-electron chi connectivity index (χ0n) is 20.3. The van der Waals surface area contributed by atoms with Crippen LogP contribution in [0.1, 0.15) is 44.6 Å². The second-order valence-electron chi connectivity index (χ2n) is 10.3. The highest BCUT2D eigenvalue weighted by atomic mass is 35.5. The largest absolute Gasteiger partial charge is 0.493 e. The van der Waals surface area contributed by atoms with Crippen LogP contribution in [0.3, 0.4) is 0 Å². The fourth-order valence-electron chi connectivity index (χ4n) is 5.94. The normalized spacial score (nSPS) is 23.4. The highest BCUT2D eigenvalue weighted by molar-refractivity contribution is 6.33. The number of carbonyl (C=O) groups is 2. The van der Waals surface area contributed by atoms with E-state index < -0.39 is 11.4 Å². The van der Waals surface area contributed by atoms with Gasteiger partial charge in [-0.1, -0.05) is 23.7 Å². The van der Waals surface area contributed by atoms with E-state index >= 15 is 0 Å². The molecule has 2 aromatic rings. The molecular weight excluding hydrogens is 483 g/mol. The molecule has 36 heavy (non-hydrogen) atoms. The number of halogens is 2. The zero-order chi connectivity index (χ0) is 25.4. The highest BCUT2D eigenvalue weighted by Gasteiger charge is 2.53. The summed E-state index contributed by atoms with van der Waals surface area (Å²) in [5.41, 5.74) is 3.04. The van der Waals surface area contributed by atoms with Gasteiger partial charge in [0.05, 0.1) is 23.0 Å². The van der Waals surface area contributed by atoms with Crippen LogP contribution >= 0.6 is 11.6 Å². The summed E-state index contributed by atoms with van der Waals surface area (Å²) in [6, 6.07) is 10.1. The average molecular weight is 513 g/mol. The van der Waals surface area contributed by atoms with E-state index in [1.54, 1.807) is 12.1 Å². The van der Waals surface area contributed by atoms with Crippen LogP contribution in [-0.4, -0.2) is 47.3 Å². The Balaban J connectivity index is 1.24. The minimum Gasteiger partial charge on any atom is -0.493 e. The molecular formula is C28H30ClFN2O4. The van der Waals surface area contributed by atoms with Gasteiger partial charge in [-0.15, -0.1) is 0 Å². The molecule has 1 saturated carbocycles. The number of benzene rings is 2. The third-order valence-corrected chi connectivity index (χ3v) is 8.07. The van der Waals surface area contributed by atoms with Gasteiger partial charge in [0.25, 0.3) is 5.91 Å². The molecule has 2 heterocycles. The Kier molecular flexibility index (Phi) is 6.88. The number of ether oxygens (including phenoxy) is 1. The second kappa shape index (κ2) is 9.94. The molecule has 1 spiro atoms. The number of amides is 1. The summed E-state index contributed by atoms with van der Waals surface area (Å²) >= 11 is 6.67. The third-order valence-electron chi connectivity index (χ3n) is 7.77. The van der Waals surface area contributed by atoms with E-state index in [-0.39, 0.29) is 23.6 Å². The number of likely N-dealkylation sites (tertiary alicyclic amines) is 1. The first kappa shape index (κ1) is 24.9. The molecule has 1 amide bonds. The maximum absolute atomic E-state index is 13.4. The van der Waals surface area contributed by atoms with Gasteiger partial charge in [-0.3, -0.25) is 14.5 Å². The van der Waals surface area contributed by atoms with Crippen molar-refractivity contribution in [3.8, 4) is 16.9 Å². The van der Waals surface area contributed by atoms with Crippen LogP contribution in [0, 0.1) is 23.1 Å². The molecule has 2 fully saturated rings. The van der Waals surface area contributed by atoms with Crippen LogP contribution in [-0.2, 0) is 16.1 Å². The van der Waals surface area contributed by atoms with Crippen molar-refractivity contribution in [1.82, 2.24) is 4.90 Å². The standard InChI is InChI=1S/C28H30ClFN2O4/c1-2-36-24-12-17(11-22(29)25(24)19-7-9-21(30)10-8-19)14-32-15-28(16-32)13-23(31-27(28)35)18-3-5-20(6-4-18)26(33)34/h7-12,18,20H,2-6,13-16H2,1H3,(H,33,34)/t18-,20-. The molecule has 5 rings (SSSR count). The smallest absolute Gasteiger partial charge is 0.306 e. The summed E-state index contributed by atoms with van der Waals surface area (Å²) in [5.74, 6) is -0.449. The molecule has 1 saturated heterocycles. The minimum absolute atomic E-state index is 0.0335. The number of rotatable bonds is 7. The number of hydrogen-bond donors (Lipinski definition) is 1. The number of hydrogen-bond acceptors (Lipinski definition) is 4. The lowest BCUT2D eigenvalue weighted by Crippen LogP contribution is -2.58. The summed E-state index contributed by atoms with van der Waals surface area (Å²) in [7, 11) is 0. The van der Waals surface area contributed by atoms with Gasteiger partial charge in [0, 0.05) is 37.3 Å². The van der Waals surface area contributed by atoms with E-state index in [0.717, 1.165) is 35.2 Å². The predicted octanol–water partition coefficient (Wildman–Crippen LogP) is 5.61. The SMILES string of the molecule is CCOc1cc(CN2CC3(CC([C@H]4CC[C@H](C(=O)O)CC4)=NC3=O)C2)cc(Cl)c1-c1ccc(F)cc1. The van der Waals surface area contributed by atoms with Crippen LogP contribution in [0.4, 0.5) is 4.39 Å². The minimum atomic E-state index is -0.720. The molecule has 0 atom stereocenters. The number of carboxylic acid groups (broad SMARTS) is 1. The zero-order valence-corrected chi connectivity index (χ0v) is 21.1. The lowest BCUT2D eigenvalue weighted by atomic mass is 9.72. The fourth-order valence-corrected chi connectivity index (χ4v) is 6.28. The van der Waals surface area contributed by atoms with Crippen molar-refractivity contribution in [3.63, 3.8) is 0 Å². The van der Waals surface area contributed by atoms with Crippen molar-refractivity contribution in [2.75, 3.05) is 19.7 Å². The molecule has 6 nitrogen and oxygen atoms in total. The van der Waals surface area contributed by atoms with Gasteiger partial charge in [0.2, 0.25) is 0 Å². The topological polar surface area (TPSA) is 79.2 Å². The molecule has 190 valence electrons. The molecule has 1 aliphatic carbocycles. The monoisotopic (exact) mass is 512 g/mol. The van der Waals surface area contributed by atoms with Crippen molar-refractivity contribution in [2.24, 2.45) is 22.2 Å². The maximum atomic E-state index is 13.4. The number of carboxylic acids is 1. The van der Waals surface area contributed by atoms with Crippen molar-refractivity contribution in [1.29, 1.82) is 0 Å². The van der Waals surface area contributed by atoms with E-state index in [1.807, 2.05) is 19.1 Å². The number of aliphatic carboxylic acids is 1. The van der Waals surface area contributed by atoms with E-state index in [4.69, 9.17) is 16.3 Å². The van der Waals surface area contributed by atoms with Crippen molar-refractivity contribution in [3.05, 3.63) is 52.8 Å². The molecule has 8 heteroatoms. The maximum Gasteiger partial charge on any atom is 0.306 e. The molecule has 1 N–H and O–H groups in total. The highest BCUT2D eigenvalue weighted by Crippen LogP contribution is 2.45. The summed E-state index contributed by atoms with van der Waals surface area (Å²) < 4.78 is 19.3. The Morgan fingerprint density at radius 3 is 2.53 bits per heavy atom. The van der Waals surface area contributed by atoms with Crippen LogP contribution in [0.15, 0.2) is 41.4 Å². The van der Waals surface area contributed by atoms with E-state index in [9.17, 15) is 19.1 Å². The fraction of sp³-hybridized carbons (Fsp3) is 0.464. The van der Waals surface area contributed by atoms with E-state index in [2.05, 4.69) is 9.89 Å². The van der Waals surface area contributed by atoms with Gasteiger partial charge < -0.3 is 9.84 Å². The Morgan fingerprint density at radius 1 is 1.19 bits per heavy atom. The van der Waals surface area contributed by atoms with Gasteiger partial charge >= 0.3 is 5.97 Å². The van der Waals surface area contributed by atoms with E-state index in [0.29, 0.717) is 56.3 Å². The second-order valence-corrected chi connectivity index (χ2v) is 10.7. The average Bonchev–Trinajstić information content (AvgIpc) is 3.17. The number of aliphatic imine (C=N–C) groups is 1. The molecule has 3 aliphatic rings. The molecule has 0 aromatic heterocycles. The first-order valence-corrected chi connectivity index (χ1v) is 12.9. The first-order valence-electron chi connectivity index (χ1n) is 12.6. The lowest BCUT2D eigenvalue weighted by molar-refractivity contribution is -0.143. The van der Waals surface area contributed by atoms with E-state index in [1.165, 1.54) is 12.1 Å². The van der Waals surface area contributed by atoms with Gasteiger partial charge in [-0.25, -0.2) is 9.38 Å². The van der Waals surface area contributed by atoms with Crippen LogP contribution < -0.4 is 4.74 Å². The van der Waals surface area contributed by atoms with Crippen LogP contribution in [0.25, 0.3) is 11.1 Å². The van der Waals surface area contributed by atoms with Crippen molar-refractivity contribution in [2.45, 2.75) is 45.6 Å². The van der Waals surface area contributed by atoms with Gasteiger partial charge in [-0.05, 0) is 73.9 Å². The quantitative estimate of drug-likeness (QED) is 0.521. The summed E-state index contributed by atoms with van der Waals surface area (Å²) in [6.07, 6.45) is 3.58. The predicted molar refractivity (Wildman–Crippen MR) is 136 cm³/mol. The van der Waals surface area contributed by atoms with Gasteiger partial charge in [-0.2, -0.15) is 0 Å². The Labute approximate surface area is 215 Å². The Hall–Kier alpha value is -2.77. The van der Waals surface area contributed by atoms with Crippen LogP contribution in [0.5, 0.6) is 5.75 Å². The van der Waals surface area contributed by atoms with Crippen molar-refractivity contribution >= 4 is 29.2 Å². The molecule has 0 bridgehead atoms. The Morgan fingerprint density at radius 2 is 1.89 bits per heavy atom. The molecule has 2 aliphatic heterocycles. The van der Waals surface area contributed by atoms with Crippen molar-refractivity contribution < 1.29 is 23.8 Å².